The van der Waals surface area contributed by atoms with E-state index in [2.05, 4.69) is 12.2 Å². The number of hydrogen-bond donors (Lipinski definition) is 2. The lowest BCUT2D eigenvalue weighted by Gasteiger charge is -2.28. The van der Waals surface area contributed by atoms with Crippen molar-refractivity contribution in [3.8, 4) is 0 Å². The molecule has 0 aromatic carbocycles. The summed E-state index contributed by atoms with van der Waals surface area (Å²) >= 11 is 0. The molecule has 2 N–H and O–H groups in total. The topological polar surface area (TPSA) is 58.6 Å². The molecular formula is C14H25NO3. The minimum Gasteiger partial charge on any atom is -0.479 e. The van der Waals surface area contributed by atoms with E-state index in [9.17, 15) is 4.79 Å². The van der Waals surface area contributed by atoms with Gasteiger partial charge in [0.15, 0.2) is 6.10 Å². The van der Waals surface area contributed by atoms with Crippen LogP contribution in [0.1, 0.15) is 51.9 Å². The summed E-state index contributed by atoms with van der Waals surface area (Å²) in [5.41, 5.74) is 0.491. The Balaban J connectivity index is 1.68. The SMILES string of the molecule is CCC1(CNCC2CCC(C(=O)O)O2)CCCC1. The monoisotopic (exact) mass is 255 g/mol. The summed E-state index contributed by atoms with van der Waals surface area (Å²) in [7, 11) is 0. The number of nitrogens with one attached hydrogen (secondary N) is 1. The van der Waals surface area contributed by atoms with E-state index in [4.69, 9.17) is 9.84 Å². The van der Waals surface area contributed by atoms with E-state index in [-0.39, 0.29) is 6.10 Å². The van der Waals surface area contributed by atoms with Gasteiger partial charge in [0.05, 0.1) is 6.10 Å². The maximum absolute atomic E-state index is 10.8. The molecule has 2 unspecified atom stereocenters. The van der Waals surface area contributed by atoms with E-state index < -0.39 is 12.1 Å². The maximum Gasteiger partial charge on any atom is 0.332 e. The van der Waals surface area contributed by atoms with Crippen molar-refractivity contribution in [1.29, 1.82) is 0 Å². The Morgan fingerprint density at radius 2 is 2.11 bits per heavy atom. The van der Waals surface area contributed by atoms with Gasteiger partial charge >= 0.3 is 5.97 Å². The van der Waals surface area contributed by atoms with Crippen molar-refractivity contribution in [2.75, 3.05) is 13.1 Å². The van der Waals surface area contributed by atoms with E-state index >= 15 is 0 Å². The standard InChI is InChI=1S/C14H25NO3/c1-2-14(7-3-4-8-14)10-15-9-11-5-6-12(18-11)13(16)17/h11-12,15H,2-10H2,1H3,(H,16,17). The summed E-state index contributed by atoms with van der Waals surface area (Å²) in [5.74, 6) is -0.821. The second kappa shape index (κ2) is 6.02. The molecule has 0 radical (unpaired) electrons. The van der Waals surface area contributed by atoms with Gasteiger partial charge in [0.25, 0.3) is 0 Å². The van der Waals surface area contributed by atoms with Crippen LogP contribution in [0.4, 0.5) is 0 Å². The summed E-state index contributed by atoms with van der Waals surface area (Å²) in [6, 6.07) is 0. The third-order valence-electron chi connectivity index (χ3n) is 4.67. The molecule has 1 aliphatic carbocycles. The Bertz CT molecular complexity index is 287. The molecule has 104 valence electrons. The van der Waals surface area contributed by atoms with Crippen LogP contribution in [-0.2, 0) is 9.53 Å². The molecule has 4 nitrogen and oxygen atoms in total. The predicted octanol–water partition coefficient (Wildman–Crippen LogP) is 2.18. The molecule has 18 heavy (non-hydrogen) atoms. The molecule has 0 amide bonds. The van der Waals surface area contributed by atoms with Crippen LogP contribution in [0.2, 0.25) is 0 Å². The number of hydrogen-bond acceptors (Lipinski definition) is 3. The number of ether oxygens (including phenoxy) is 1. The molecule has 0 bridgehead atoms. The summed E-state index contributed by atoms with van der Waals surface area (Å²) in [4.78, 5) is 10.8. The van der Waals surface area contributed by atoms with E-state index in [1.54, 1.807) is 0 Å². The number of aliphatic carboxylic acids is 1. The quantitative estimate of drug-likeness (QED) is 0.763. The first-order chi connectivity index (χ1) is 8.65. The number of rotatable bonds is 6. The first-order valence-corrected chi connectivity index (χ1v) is 7.24. The molecule has 1 saturated heterocycles. The number of carbonyl (C=O) groups is 1. The summed E-state index contributed by atoms with van der Waals surface area (Å²) in [6.45, 7) is 4.13. The van der Waals surface area contributed by atoms with Gasteiger partial charge in [-0.2, -0.15) is 0 Å². The Hall–Kier alpha value is -0.610. The highest BCUT2D eigenvalue weighted by molar-refractivity contribution is 5.72. The second-order valence-electron chi connectivity index (χ2n) is 5.85. The van der Waals surface area contributed by atoms with Gasteiger partial charge < -0.3 is 15.2 Å². The zero-order chi connectivity index (χ0) is 13.0. The molecule has 0 spiro atoms. The molecule has 0 aromatic rings. The van der Waals surface area contributed by atoms with Gasteiger partial charge in [0, 0.05) is 13.1 Å². The molecule has 2 atom stereocenters. The third kappa shape index (κ3) is 3.23. The average molecular weight is 255 g/mol. The summed E-state index contributed by atoms with van der Waals surface area (Å²) in [6.07, 6.45) is 7.64. The fourth-order valence-electron chi connectivity index (χ4n) is 3.32. The van der Waals surface area contributed by atoms with E-state index in [1.165, 1.54) is 32.1 Å². The van der Waals surface area contributed by atoms with Crippen LogP contribution >= 0.6 is 0 Å². The maximum atomic E-state index is 10.8. The fraction of sp³-hybridized carbons (Fsp3) is 0.929. The van der Waals surface area contributed by atoms with Crippen molar-refractivity contribution >= 4 is 5.97 Å². The first-order valence-electron chi connectivity index (χ1n) is 7.24. The van der Waals surface area contributed by atoms with E-state index in [1.807, 2.05) is 0 Å². The van der Waals surface area contributed by atoms with Gasteiger partial charge in [0.2, 0.25) is 0 Å². The van der Waals surface area contributed by atoms with Crippen molar-refractivity contribution in [3.63, 3.8) is 0 Å². The van der Waals surface area contributed by atoms with Gasteiger partial charge in [-0.15, -0.1) is 0 Å². The zero-order valence-corrected chi connectivity index (χ0v) is 11.3. The first kappa shape index (κ1) is 13.8. The lowest BCUT2D eigenvalue weighted by Crippen LogP contribution is -2.36. The molecule has 4 heteroatoms. The summed E-state index contributed by atoms with van der Waals surface area (Å²) < 4.78 is 5.49. The van der Waals surface area contributed by atoms with Crippen LogP contribution in [0.15, 0.2) is 0 Å². The highest BCUT2D eigenvalue weighted by atomic mass is 16.5. The molecule has 2 fully saturated rings. The average Bonchev–Trinajstić information content (AvgIpc) is 2.98. The fourth-order valence-corrected chi connectivity index (χ4v) is 3.32. The normalized spacial score (nSPS) is 30.7. The van der Waals surface area contributed by atoms with Crippen molar-refractivity contribution < 1.29 is 14.6 Å². The van der Waals surface area contributed by atoms with Crippen LogP contribution < -0.4 is 5.32 Å². The van der Waals surface area contributed by atoms with Crippen LogP contribution in [0, 0.1) is 5.41 Å². The van der Waals surface area contributed by atoms with Crippen LogP contribution in [0.25, 0.3) is 0 Å². The summed E-state index contributed by atoms with van der Waals surface area (Å²) in [5, 5.41) is 12.4. The van der Waals surface area contributed by atoms with Gasteiger partial charge in [-0.25, -0.2) is 4.79 Å². The zero-order valence-electron chi connectivity index (χ0n) is 11.3. The van der Waals surface area contributed by atoms with Gasteiger partial charge in [-0.1, -0.05) is 19.8 Å². The lowest BCUT2D eigenvalue weighted by atomic mass is 9.83. The third-order valence-corrected chi connectivity index (χ3v) is 4.67. The van der Waals surface area contributed by atoms with E-state index in [0.29, 0.717) is 11.8 Å². The van der Waals surface area contributed by atoms with Gasteiger partial charge in [-0.05, 0) is 37.5 Å². The Morgan fingerprint density at radius 3 is 2.67 bits per heavy atom. The molecule has 1 saturated carbocycles. The minimum atomic E-state index is -0.821. The van der Waals surface area contributed by atoms with Crippen LogP contribution in [0.5, 0.6) is 0 Å². The highest BCUT2D eigenvalue weighted by Crippen LogP contribution is 2.40. The Kier molecular flexibility index (Phi) is 4.62. The van der Waals surface area contributed by atoms with E-state index in [0.717, 1.165) is 19.5 Å². The molecule has 1 heterocycles. The second-order valence-corrected chi connectivity index (χ2v) is 5.85. The van der Waals surface area contributed by atoms with Gasteiger partial charge in [0.1, 0.15) is 0 Å². The van der Waals surface area contributed by atoms with Crippen molar-refractivity contribution in [1.82, 2.24) is 5.32 Å². The Labute approximate surface area is 109 Å². The Morgan fingerprint density at radius 1 is 1.39 bits per heavy atom. The van der Waals surface area contributed by atoms with Gasteiger partial charge in [-0.3, -0.25) is 0 Å². The molecule has 2 aliphatic rings. The van der Waals surface area contributed by atoms with Crippen molar-refractivity contribution in [2.45, 2.75) is 64.1 Å². The molecule has 1 aliphatic heterocycles. The number of carboxylic acid groups (broad SMARTS) is 1. The van der Waals surface area contributed by atoms with Crippen LogP contribution in [0.3, 0.4) is 0 Å². The molecule has 0 aromatic heterocycles. The van der Waals surface area contributed by atoms with Crippen molar-refractivity contribution in [2.24, 2.45) is 5.41 Å². The predicted molar refractivity (Wildman–Crippen MR) is 69.6 cm³/mol. The highest BCUT2D eigenvalue weighted by Gasteiger charge is 2.33. The minimum absolute atomic E-state index is 0.0846. The van der Waals surface area contributed by atoms with Crippen LogP contribution in [-0.4, -0.2) is 36.4 Å². The molecular weight excluding hydrogens is 230 g/mol. The number of carboxylic acids is 1. The largest absolute Gasteiger partial charge is 0.479 e. The molecule has 2 rings (SSSR count). The smallest absolute Gasteiger partial charge is 0.332 e. The lowest BCUT2D eigenvalue weighted by molar-refractivity contribution is -0.149. The van der Waals surface area contributed by atoms with Crippen molar-refractivity contribution in [3.05, 3.63) is 0 Å².